The molecule has 152 valence electrons. The molecule has 4 aromatic rings. The summed E-state index contributed by atoms with van der Waals surface area (Å²) in [4.78, 5) is 31.1. The fourth-order valence-electron chi connectivity index (χ4n) is 4.23. The minimum absolute atomic E-state index is 0.130. The second-order valence-electron chi connectivity index (χ2n) is 7.80. The third kappa shape index (κ3) is 2.81. The van der Waals surface area contributed by atoms with E-state index in [1.54, 1.807) is 0 Å². The number of piperazine rings is 1. The summed E-state index contributed by atoms with van der Waals surface area (Å²) in [5, 5.41) is 6.12. The summed E-state index contributed by atoms with van der Waals surface area (Å²) in [6.07, 6.45) is 0. The third-order valence-corrected chi connectivity index (χ3v) is 5.93. The lowest BCUT2D eigenvalue weighted by Crippen LogP contribution is -2.47. The van der Waals surface area contributed by atoms with Crippen LogP contribution in [0.25, 0.3) is 27.5 Å². The van der Waals surface area contributed by atoms with Gasteiger partial charge in [-0.2, -0.15) is 9.78 Å². The first-order valence-electron chi connectivity index (χ1n) is 10.1. The molecule has 30 heavy (non-hydrogen) atoms. The third-order valence-electron chi connectivity index (χ3n) is 5.93. The summed E-state index contributed by atoms with van der Waals surface area (Å²) in [6, 6.07) is 17.0. The number of carbonyl (C=O) groups is 1. The van der Waals surface area contributed by atoms with E-state index in [0.29, 0.717) is 35.4 Å². The van der Waals surface area contributed by atoms with Gasteiger partial charge in [0, 0.05) is 49.5 Å². The van der Waals surface area contributed by atoms with Gasteiger partial charge in [0.2, 0.25) is 0 Å². The zero-order chi connectivity index (χ0) is 20.8. The maximum Gasteiger partial charge on any atom is 0.296 e. The largest absolute Gasteiger partial charge is 0.339 e. The van der Waals surface area contributed by atoms with Gasteiger partial charge in [-0.3, -0.25) is 9.59 Å². The highest BCUT2D eigenvalue weighted by molar-refractivity contribution is 6.16. The molecule has 0 radical (unpaired) electrons. The van der Waals surface area contributed by atoms with E-state index < -0.39 is 0 Å². The number of hydrogen-bond donors (Lipinski definition) is 0. The molecule has 1 aliphatic rings. The van der Waals surface area contributed by atoms with E-state index in [4.69, 9.17) is 0 Å². The van der Waals surface area contributed by atoms with Crippen LogP contribution in [0.3, 0.4) is 0 Å². The maximum atomic E-state index is 13.6. The number of para-hydroxylation sites is 2. The summed E-state index contributed by atoms with van der Waals surface area (Å²) in [5.74, 6) is -0.130. The van der Waals surface area contributed by atoms with Crippen LogP contribution in [0.1, 0.15) is 10.5 Å². The Kier molecular flexibility index (Phi) is 4.40. The van der Waals surface area contributed by atoms with E-state index in [9.17, 15) is 9.59 Å². The molecule has 1 amide bonds. The topological polar surface area (TPSA) is 63.4 Å². The van der Waals surface area contributed by atoms with Crippen LogP contribution in [-0.4, -0.2) is 63.3 Å². The average Bonchev–Trinajstić information content (AvgIpc) is 3.08. The molecule has 3 heterocycles. The van der Waals surface area contributed by atoms with Gasteiger partial charge in [-0.1, -0.05) is 36.4 Å². The number of carbonyl (C=O) groups excluding carboxylic acids is 1. The van der Waals surface area contributed by atoms with Crippen molar-refractivity contribution in [1.82, 2.24) is 24.1 Å². The molecule has 0 saturated carbocycles. The molecular weight excluding hydrogens is 378 g/mol. The Morgan fingerprint density at radius 2 is 1.57 bits per heavy atom. The number of fused-ring (bicyclic) bond motifs is 3. The number of benzene rings is 2. The number of rotatable bonds is 2. The number of aromatic nitrogens is 3. The SMILES string of the molecule is CN1CCN(C(=O)c2nn(-c3ccccc3)c(=O)c3c2c2ccccc2n3C)CC1. The molecule has 0 atom stereocenters. The first-order chi connectivity index (χ1) is 14.6. The molecule has 0 unspecified atom stereocenters. The molecule has 0 aliphatic carbocycles. The van der Waals surface area contributed by atoms with Crippen LogP contribution < -0.4 is 5.56 Å². The molecule has 2 aromatic heterocycles. The Morgan fingerprint density at radius 1 is 0.900 bits per heavy atom. The molecule has 1 aliphatic heterocycles. The van der Waals surface area contributed by atoms with E-state index in [2.05, 4.69) is 17.0 Å². The van der Waals surface area contributed by atoms with Gasteiger partial charge in [0.05, 0.1) is 5.69 Å². The average molecular weight is 401 g/mol. The minimum atomic E-state index is -0.232. The van der Waals surface area contributed by atoms with Crippen molar-refractivity contribution in [3.05, 3.63) is 70.6 Å². The summed E-state index contributed by atoms with van der Waals surface area (Å²) >= 11 is 0. The Morgan fingerprint density at radius 3 is 2.30 bits per heavy atom. The van der Waals surface area contributed by atoms with Gasteiger partial charge in [-0.05, 0) is 25.2 Å². The van der Waals surface area contributed by atoms with Crippen LogP contribution in [0, 0.1) is 0 Å². The lowest BCUT2D eigenvalue weighted by Gasteiger charge is -2.32. The summed E-state index contributed by atoms with van der Waals surface area (Å²) in [7, 11) is 3.92. The van der Waals surface area contributed by atoms with Crippen molar-refractivity contribution in [3.8, 4) is 5.69 Å². The predicted molar refractivity (Wildman–Crippen MR) is 117 cm³/mol. The van der Waals surface area contributed by atoms with Crippen LogP contribution in [0.2, 0.25) is 0 Å². The van der Waals surface area contributed by atoms with E-state index in [1.165, 1.54) is 4.68 Å². The van der Waals surface area contributed by atoms with Crippen LogP contribution in [-0.2, 0) is 7.05 Å². The summed E-state index contributed by atoms with van der Waals surface area (Å²) in [6.45, 7) is 2.94. The number of likely N-dealkylation sites (N-methyl/N-ethyl adjacent to an activating group) is 1. The van der Waals surface area contributed by atoms with Crippen molar-refractivity contribution in [2.45, 2.75) is 0 Å². The van der Waals surface area contributed by atoms with Crippen molar-refractivity contribution >= 4 is 27.7 Å². The van der Waals surface area contributed by atoms with Crippen LogP contribution >= 0.6 is 0 Å². The number of aryl methyl sites for hydroxylation is 1. The predicted octanol–water partition coefficient (Wildman–Crippen LogP) is 2.26. The van der Waals surface area contributed by atoms with Gasteiger partial charge >= 0.3 is 0 Å². The minimum Gasteiger partial charge on any atom is -0.339 e. The van der Waals surface area contributed by atoms with Gasteiger partial charge in [0.1, 0.15) is 5.52 Å². The molecule has 7 heteroatoms. The van der Waals surface area contributed by atoms with Gasteiger partial charge in [0.25, 0.3) is 11.5 Å². The summed E-state index contributed by atoms with van der Waals surface area (Å²) in [5.41, 5.74) is 2.14. The fraction of sp³-hybridized carbons (Fsp3) is 0.261. The van der Waals surface area contributed by atoms with E-state index in [1.807, 2.05) is 71.1 Å². The highest BCUT2D eigenvalue weighted by atomic mass is 16.2. The Hall–Kier alpha value is -3.45. The first kappa shape index (κ1) is 18.6. The molecule has 5 rings (SSSR count). The van der Waals surface area contributed by atoms with Crippen LogP contribution in [0.4, 0.5) is 0 Å². The standard InChI is InChI=1S/C23H23N5O2/c1-25-12-14-27(15-13-25)22(29)20-19-17-10-6-7-11-18(17)26(2)21(19)23(30)28(24-20)16-8-4-3-5-9-16/h3-11H,12-15H2,1-2H3. The zero-order valence-corrected chi connectivity index (χ0v) is 17.1. The van der Waals surface area contributed by atoms with E-state index in [-0.39, 0.29) is 11.5 Å². The van der Waals surface area contributed by atoms with E-state index in [0.717, 1.165) is 24.0 Å². The van der Waals surface area contributed by atoms with Crippen LogP contribution in [0.5, 0.6) is 0 Å². The number of nitrogens with zero attached hydrogens (tertiary/aromatic N) is 5. The highest BCUT2D eigenvalue weighted by Crippen LogP contribution is 2.29. The van der Waals surface area contributed by atoms with E-state index >= 15 is 0 Å². The molecular formula is C23H23N5O2. The summed E-state index contributed by atoms with van der Waals surface area (Å²) < 4.78 is 3.22. The van der Waals surface area contributed by atoms with Gasteiger partial charge in [0.15, 0.2) is 5.69 Å². The Bertz CT molecular complexity index is 1310. The number of amides is 1. The first-order valence-corrected chi connectivity index (χ1v) is 10.1. The van der Waals surface area contributed by atoms with Crippen molar-refractivity contribution in [3.63, 3.8) is 0 Å². The molecule has 7 nitrogen and oxygen atoms in total. The monoisotopic (exact) mass is 401 g/mol. The highest BCUT2D eigenvalue weighted by Gasteiger charge is 2.28. The van der Waals surface area contributed by atoms with Gasteiger partial charge < -0.3 is 14.4 Å². The second-order valence-corrected chi connectivity index (χ2v) is 7.80. The zero-order valence-electron chi connectivity index (χ0n) is 17.1. The molecule has 0 N–H and O–H groups in total. The normalized spacial score (nSPS) is 15.2. The molecule has 2 aromatic carbocycles. The van der Waals surface area contributed by atoms with Crippen molar-refractivity contribution < 1.29 is 4.79 Å². The van der Waals surface area contributed by atoms with Gasteiger partial charge in [-0.25, -0.2) is 0 Å². The quantitative estimate of drug-likeness (QED) is 0.517. The second kappa shape index (κ2) is 7.11. The lowest BCUT2D eigenvalue weighted by atomic mass is 10.1. The number of hydrogen-bond acceptors (Lipinski definition) is 4. The Labute approximate surface area is 173 Å². The molecule has 0 bridgehead atoms. The molecule has 1 saturated heterocycles. The van der Waals surface area contributed by atoms with Crippen molar-refractivity contribution in [1.29, 1.82) is 0 Å². The Balaban J connectivity index is 1.82. The van der Waals surface area contributed by atoms with Crippen LogP contribution in [0.15, 0.2) is 59.4 Å². The van der Waals surface area contributed by atoms with Crippen molar-refractivity contribution in [2.75, 3.05) is 33.2 Å². The lowest BCUT2D eigenvalue weighted by molar-refractivity contribution is 0.0658. The van der Waals surface area contributed by atoms with Crippen molar-refractivity contribution in [2.24, 2.45) is 7.05 Å². The molecule has 0 spiro atoms. The fourth-order valence-corrected chi connectivity index (χ4v) is 4.23. The molecule has 1 fully saturated rings. The van der Waals surface area contributed by atoms with Gasteiger partial charge in [-0.15, -0.1) is 0 Å². The maximum absolute atomic E-state index is 13.6. The smallest absolute Gasteiger partial charge is 0.296 e.